The van der Waals surface area contributed by atoms with Crippen molar-refractivity contribution in [2.24, 2.45) is 0 Å². The summed E-state index contributed by atoms with van der Waals surface area (Å²) in [5.74, 6) is -0.629. The Labute approximate surface area is 176 Å². The van der Waals surface area contributed by atoms with Crippen LogP contribution in [0.15, 0.2) is 42.1 Å². The Kier molecular flexibility index (Phi) is 6.40. The van der Waals surface area contributed by atoms with Gasteiger partial charge >= 0.3 is 0 Å². The molecule has 0 aliphatic carbocycles. The zero-order chi connectivity index (χ0) is 21.1. The molecule has 2 aromatic rings. The summed E-state index contributed by atoms with van der Waals surface area (Å²) in [7, 11) is 1.60. The zero-order valence-corrected chi connectivity index (χ0v) is 17.9. The van der Waals surface area contributed by atoms with Gasteiger partial charge in [0.05, 0.1) is 5.57 Å². The lowest BCUT2D eigenvalue weighted by molar-refractivity contribution is -0.136. The molecular formula is C23H25ClN2O3. The summed E-state index contributed by atoms with van der Waals surface area (Å²) < 4.78 is 5.07. The van der Waals surface area contributed by atoms with E-state index >= 15 is 0 Å². The lowest BCUT2D eigenvalue weighted by Gasteiger charge is -2.15. The molecule has 0 saturated carbocycles. The Morgan fingerprint density at radius 2 is 1.69 bits per heavy atom. The van der Waals surface area contributed by atoms with Crippen LogP contribution in [-0.4, -0.2) is 37.0 Å². The van der Waals surface area contributed by atoms with E-state index in [1.54, 1.807) is 19.2 Å². The van der Waals surface area contributed by atoms with Crippen molar-refractivity contribution in [1.29, 1.82) is 0 Å². The molecule has 0 bridgehead atoms. The van der Waals surface area contributed by atoms with Crippen LogP contribution in [-0.2, 0) is 14.3 Å². The highest BCUT2D eigenvalue weighted by atomic mass is 35.5. The minimum atomic E-state index is -0.335. The number of carbonyl (C=O) groups excluding carboxylic acids is 2. The number of nitrogens with zero attached hydrogens (tertiary/aromatic N) is 1. The number of anilines is 1. The van der Waals surface area contributed by atoms with Gasteiger partial charge in [0.15, 0.2) is 0 Å². The maximum absolute atomic E-state index is 13.2. The summed E-state index contributed by atoms with van der Waals surface area (Å²) in [6.07, 6.45) is 0.581. The second-order valence-corrected chi connectivity index (χ2v) is 7.68. The molecule has 3 rings (SSSR count). The summed E-state index contributed by atoms with van der Waals surface area (Å²) in [6.45, 7) is 6.71. The maximum Gasteiger partial charge on any atom is 0.278 e. The van der Waals surface area contributed by atoms with Gasteiger partial charge in [-0.2, -0.15) is 0 Å². The molecule has 0 spiro atoms. The molecule has 0 saturated heterocycles. The van der Waals surface area contributed by atoms with E-state index in [4.69, 9.17) is 16.3 Å². The number of nitrogens with one attached hydrogen (secondary N) is 1. The van der Waals surface area contributed by atoms with Crippen molar-refractivity contribution in [3.63, 3.8) is 0 Å². The van der Waals surface area contributed by atoms with Crippen molar-refractivity contribution in [2.45, 2.75) is 27.2 Å². The fraction of sp³-hybridized carbons (Fsp3) is 0.304. The van der Waals surface area contributed by atoms with E-state index in [1.807, 2.05) is 45.0 Å². The van der Waals surface area contributed by atoms with Crippen molar-refractivity contribution in [2.75, 3.05) is 25.6 Å². The Bertz CT molecular complexity index is 998. The first-order valence-corrected chi connectivity index (χ1v) is 9.91. The lowest BCUT2D eigenvalue weighted by atomic mass is 9.99. The van der Waals surface area contributed by atoms with E-state index in [0.29, 0.717) is 35.9 Å². The number of benzene rings is 2. The predicted octanol–water partition coefficient (Wildman–Crippen LogP) is 4.49. The summed E-state index contributed by atoms with van der Waals surface area (Å²) in [5, 5.41) is 3.74. The largest absolute Gasteiger partial charge is 0.385 e. The minimum absolute atomic E-state index is 0.279. The van der Waals surface area contributed by atoms with Crippen molar-refractivity contribution in [3.05, 3.63) is 69.4 Å². The normalized spacial score (nSPS) is 14.2. The maximum atomic E-state index is 13.2. The number of halogens is 1. The number of hydrogen-bond donors (Lipinski definition) is 1. The Hall–Kier alpha value is -2.63. The number of carbonyl (C=O) groups is 2. The Balaban J connectivity index is 2.06. The molecule has 152 valence electrons. The van der Waals surface area contributed by atoms with Crippen LogP contribution < -0.4 is 5.32 Å². The van der Waals surface area contributed by atoms with Crippen LogP contribution in [0.25, 0.3) is 5.57 Å². The number of hydrogen-bond acceptors (Lipinski definition) is 4. The number of rotatable bonds is 7. The molecule has 2 aromatic carbocycles. The van der Waals surface area contributed by atoms with Crippen LogP contribution in [0.4, 0.5) is 5.69 Å². The van der Waals surface area contributed by atoms with Gasteiger partial charge in [0.1, 0.15) is 5.70 Å². The molecule has 1 aliphatic heterocycles. The van der Waals surface area contributed by atoms with E-state index in [2.05, 4.69) is 5.32 Å². The van der Waals surface area contributed by atoms with Gasteiger partial charge in [0.25, 0.3) is 11.8 Å². The summed E-state index contributed by atoms with van der Waals surface area (Å²) in [5.41, 5.74) is 5.21. The van der Waals surface area contributed by atoms with Gasteiger partial charge in [0.2, 0.25) is 0 Å². The van der Waals surface area contributed by atoms with Gasteiger partial charge in [-0.3, -0.25) is 14.5 Å². The fourth-order valence-electron chi connectivity index (χ4n) is 3.29. The van der Waals surface area contributed by atoms with E-state index in [9.17, 15) is 9.59 Å². The van der Waals surface area contributed by atoms with Crippen LogP contribution in [0, 0.1) is 20.8 Å². The first-order valence-electron chi connectivity index (χ1n) is 9.53. The second-order valence-electron chi connectivity index (χ2n) is 7.24. The van der Waals surface area contributed by atoms with Gasteiger partial charge in [-0.05, 0) is 61.6 Å². The lowest BCUT2D eigenvalue weighted by Crippen LogP contribution is -2.34. The molecule has 1 aliphatic rings. The summed E-state index contributed by atoms with van der Waals surface area (Å²) >= 11 is 6.14. The molecule has 0 fully saturated rings. The van der Waals surface area contributed by atoms with Gasteiger partial charge in [-0.1, -0.05) is 35.9 Å². The highest BCUT2D eigenvalue weighted by Crippen LogP contribution is 2.32. The molecule has 1 heterocycles. The van der Waals surface area contributed by atoms with Gasteiger partial charge in [-0.25, -0.2) is 0 Å². The Morgan fingerprint density at radius 3 is 2.38 bits per heavy atom. The smallest absolute Gasteiger partial charge is 0.278 e. The van der Waals surface area contributed by atoms with Gasteiger partial charge in [-0.15, -0.1) is 0 Å². The highest BCUT2D eigenvalue weighted by molar-refractivity contribution is 6.36. The topological polar surface area (TPSA) is 58.6 Å². The van der Waals surface area contributed by atoms with E-state index in [0.717, 1.165) is 22.3 Å². The first kappa shape index (κ1) is 21.1. The standard InChI is InChI=1S/C23H25ClN2O3/c1-14-6-8-17(12-16(14)3)20-21(25-19-13-18(24)9-7-15(19)2)23(28)26(22(20)27)10-5-11-29-4/h6-9,12-13,25H,5,10-11H2,1-4H3. The van der Waals surface area contributed by atoms with Gasteiger partial charge in [0, 0.05) is 31.0 Å². The predicted molar refractivity (Wildman–Crippen MR) is 116 cm³/mol. The summed E-state index contributed by atoms with van der Waals surface area (Å²) in [6, 6.07) is 11.2. The molecular weight excluding hydrogens is 388 g/mol. The van der Waals surface area contributed by atoms with Crippen LogP contribution in [0.3, 0.4) is 0 Å². The average Bonchev–Trinajstić information content (AvgIpc) is 2.91. The van der Waals surface area contributed by atoms with Crippen LogP contribution >= 0.6 is 11.6 Å². The number of ether oxygens (including phenoxy) is 1. The van der Waals surface area contributed by atoms with Crippen LogP contribution in [0.5, 0.6) is 0 Å². The SMILES string of the molecule is COCCCN1C(=O)C(Nc2cc(Cl)ccc2C)=C(c2ccc(C)c(C)c2)C1=O. The fourth-order valence-corrected chi connectivity index (χ4v) is 3.46. The highest BCUT2D eigenvalue weighted by Gasteiger charge is 2.39. The quantitative estimate of drug-likeness (QED) is 0.537. The third-order valence-corrected chi connectivity index (χ3v) is 5.39. The average molecular weight is 413 g/mol. The molecule has 29 heavy (non-hydrogen) atoms. The minimum Gasteiger partial charge on any atom is -0.385 e. The van der Waals surface area contributed by atoms with Crippen molar-refractivity contribution in [1.82, 2.24) is 4.90 Å². The third-order valence-electron chi connectivity index (χ3n) is 5.15. The zero-order valence-electron chi connectivity index (χ0n) is 17.1. The number of imide groups is 1. The molecule has 0 radical (unpaired) electrons. The van der Waals surface area contributed by atoms with E-state index < -0.39 is 0 Å². The number of aryl methyl sites for hydroxylation is 3. The van der Waals surface area contributed by atoms with Crippen molar-refractivity contribution in [3.8, 4) is 0 Å². The van der Waals surface area contributed by atoms with Gasteiger partial charge < -0.3 is 10.1 Å². The second kappa shape index (κ2) is 8.80. The molecule has 2 amide bonds. The molecule has 1 N–H and O–H groups in total. The van der Waals surface area contributed by atoms with E-state index in [-0.39, 0.29) is 17.5 Å². The molecule has 5 nitrogen and oxygen atoms in total. The van der Waals surface area contributed by atoms with Crippen LogP contribution in [0.1, 0.15) is 28.7 Å². The number of amides is 2. The molecule has 6 heteroatoms. The molecule has 0 aromatic heterocycles. The number of methoxy groups -OCH3 is 1. The molecule has 0 atom stereocenters. The molecule has 0 unspecified atom stereocenters. The monoisotopic (exact) mass is 412 g/mol. The van der Waals surface area contributed by atoms with E-state index in [1.165, 1.54) is 4.90 Å². The summed E-state index contributed by atoms with van der Waals surface area (Å²) in [4.78, 5) is 27.6. The van der Waals surface area contributed by atoms with Crippen molar-refractivity contribution < 1.29 is 14.3 Å². The van der Waals surface area contributed by atoms with Crippen LogP contribution in [0.2, 0.25) is 5.02 Å². The van der Waals surface area contributed by atoms with Crippen molar-refractivity contribution >= 4 is 34.7 Å². The Morgan fingerprint density at radius 1 is 0.966 bits per heavy atom. The third kappa shape index (κ3) is 4.36. The first-order chi connectivity index (χ1) is 13.8.